The number of hydrogen-bond donors (Lipinski definition) is 2. The minimum absolute atomic E-state index is 0.0155. The van der Waals surface area contributed by atoms with Crippen LogP contribution in [-0.4, -0.2) is 43.6 Å². The number of thiophene rings is 1. The van der Waals surface area contributed by atoms with Gasteiger partial charge >= 0.3 is 0 Å². The van der Waals surface area contributed by atoms with Gasteiger partial charge in [0, 0.05) is 13.0 Å². The van der Waals surface area contributed by atoms with E-state index < -0.39 is 15.1 Å². The first-order valence-corrected chi connectivity index (χ1v) is 9.25. The smallest absolute Gasteiger partial charge is 0.261 e. The van der Waals surface area contributed by atoms with Gasteiger partial charge in [-0.15, -0.1) is 11.3 Å². The molecule has 0 saturated carbocycles. The van der Waals surface area contributed by atoms with Crippen LogP contribution in [0.3, 0.4) is 0 Å². The van der Waals surface area contributed by atoms with Gasteiger partial charge in [-0.05, 0) is 25.0 Å². The Morgan fingerprint density at radius 1 is 1.48 bits per heavy atom. The number of rotatable bonds is 4. The van der Waals surface area contributed by atoms with Gasteiger partial charge < -0.3 is 10.4 Å². The third-order valence-corrected chi connectivity index (χ3v) is 6.51. The van der Waals surface area contributed by atoms with Crippen LogP contribution in [0.2, 0.25) is 0 Å². The molecule has 1 atom stereocenters. The zero-order valence-electron chi connectivity index (χ0n) is 11.5. The molecule has 0 aliphatic carbocycles. The maximum Gasteiger partial charge on any atom is 0.261 e. The minimum Gasteiger partial charge on any atom is -0.395 e. The molecule has 2 rings (SSSR count). The largest absolute Gasteiger partial charge is 0.395 e. The molecular formula is C14H17NO4S2. The predicted molar refractivity (Wildman–Crippen MR) is 82.0 cm³/mol. The van der Waals surface area contributed by atoms with Crippen molar-refractivity contribution < 1.29 is 18.3 Å². The van der Waals surface area contributed by atoms with Crippen LogP contribution in [-0.2, 0) is 9.84 Å². The summed E-state index contributed by atoms with van der Waals surface area (Å²) in [6.07, 6.45) is 1.69. The third kappa shape index (κ3) is 4.30. The van der Waals surface area contributed by atoms with Crippen LogP contribution in [0.5, 0.6) is 0 Å². The van der Waals surface area contributed by atoms with E-state index in [9.17, 15) is 13.2 Å². The molecule has 2 N–H and O–H groups in total. The van der Waals surface area contributed by atoms with Gasteiger partial charge in [-0.2, -0.15) is 0 Å². The molecule has 1 aliphatic heterocycles. The van der Waals surface area contributed by atoms with Crippen molar-refractivity contribution in [2.75, 3.05) is 18.9 Å². The van der Waals surface area contributed by atoms with E-state index in [2.05, 4.69) is 17.2 Å². The number of carbonyl (C=O) groups is 1. The van der Waals surface area contributed by atoms with Crippen molar-refractivity contribution in [3.8, 4) is 11.8 Å². The first-order chi connectivity index (χ1) is 10.0. The number of aliphatic hydroxyl groups is 1. The molecule has 1 aromatic heterocycles. The van der Waals surface area contributed by atoms with Crippen molar-refractivity contribution in [1.82, 2.24) is 5.32 Å². The van der Waals surface area contributed by atoms with Crippen molar-refractivity contribution in [2.24, 2.45) is 0 Å². The molecule has 1 aromatic rings. The number of amides is 1. The van der Waals surface area contributed by atoms with Crippen LogP contribution >= 0.6 is 11.3 Å². The van der Waals surface area contributed by atoms with Gasteiger partial charge in [0.15, 0.2) is 9.84 Å². The average Bonchev–Trinajstić information content (AvgIpc) is 3.03. The Labute approximate surface area is 128 Å². The van der Waals surface area contributed by atoms with Gasteiger partial charge in [0.05, 0.1) is 27.4 Å². The summed E-state index contributed by atoms with van der Waals surface area (Å²) in [7, 11) is -3.03. The van der Waals surface area contributed by atoms with Crippen LogP contribution in [0.4, 0.5) is 0 Å². The molecule has 114 valence electrons. The average molecular weight is 327 g/mol. The Kier molecular flexibility index (Phi) is 5.39. The number of aliphatic hydroxyl groups excluding tert-OH is 1. The molecule has 21 heavy (non-hydrogen) atoms. The lowest BCUT2D eigenvalue weighted by molar-refractivity contribution is 0.0957. The first-order valence-electron chi connectivity index (χ1n) is 6.72. The summed E-state index contributed by atoms with van der Waals surface area (Å²) in [5.41, 5.74) is 0. The molecular weight excluding hydrogens is 310 g/mol. The fourth-order valence-electron chi connectivity index (χ4n) is 2.11. The summed E-state index contributed by atoms with van der Waals surface area (Å²) >= 11 is 1.26. The Morgan fingerprint density at radius 3 is 2.95 bits per heavy atom. The lowest BCUT2D eigenvalue weighted by Crippen LogP contribution is -2.34. The van der Waals surface area contributed by atoms with Crippen molar-refractivity contribution >= 4 is 27.1 Å². The number of hydrogen-bond acceptors (Lipinski definition) is 5. The quantitative estimate of drug-likeness (QED) is 0.801. The molecule has 1 aliphatic rings. The second-order valence-electron chi connectivity index (χ2n) is 4.78. The summed E-state index contributed by atoms with van der Waals surface area (Å²) in [4.78, 5) is 13.2. The summed E-state index contributed by atoms with van der Waals surface area (Å²) in [5.74, 6) is 5.61. The maximum atomic E-state index is 12.0. The monoisotopic (exact) mass is 327 g/mol. The van der Waals surface area contributed by atoms with Gasteiger partial charge in [0.25, 0.3) is 5.91 Å². The number of nitrogens with one attached hydrogen (secondary N) is 1. The lowest BCUT2D eigenvalue weighted by Gasteiger charge is -2.09. The number of carbonyl (C=O) groups excluding carboxylic acids is 1. The van der Waals surface area contributed by atoms with Crippen molar-refractivity contribution in [3.63, 3.8) is 0 Å². The third-order valence-electron chi connectivity index (χ3n) is 3.23. The summed E-state index contributed by atoms with van der Waals surface area (Å²) in [6.45, 7) is 0.187. The van der Waals surface area contributed by atoms with Gasteiger partial charge in [-0.1, -0.05) is 11.8 Å². The lowest BCUT2D eigenvalue weighted by atomic mass is 10.2. The molecule has 1 amide bonds. The highest BCUT2D eigenvalue weighted by Crippen LogP contribution is 2.20. The van der Waals surface area contributed by atoms with Crippen LogP contribution in [0.1, 0.15) is 33.8 Å². The van der Waals surface area contributed by atoms with Gasteiger partial charge in [-0.3, -0.25) is 4.79 Å². The molecule has 1 saturated heterocycles. The predicted octanol–water partition coefficient (Wildman–Crippen LogP) is 0.789. The molecule has 0 aromatic carbocycles. The molecule has 1 unspecified atom stereocenters. The fraction of sp³-hybridized carbons (Fsp3) is 0.500. The normalized spacial score (nSPS) is 19.8. The molecule has 5 nitrogen and oxygen atoms in total. The zero-order valence-corrected chi connectivity index (χ0v) is 13.1. The SMILES string of the molecule is O=C(NCC1CCCS1(=O)=O)c1ccc(C#CCCO)s1. The van der Waals surface area contributed by atoms with Gasteiger partial charge in [0.1, 0.15) is 0 Å². The second-order valence-corrected chi connectivity index (χ2v) is 8.26. The standard InChI is InChI=1S/C14H17NO4S2/c16-8-2-1-4-11-6-7-13(20-11)14(17)15-10-12-5-3-9-21(12,18)19/h6-7,12,16H,2-3,5,8-10H2,(H,15,17). The van der Waals surface area contributed by atoms with Gasteiger partial charge in [0.2, 0.25) is 0 Å². The van der Waals surface area contributed by atoms with E-state index in [1.54, 1.807) is 12.1 Å². The Morgan fingerprint density at radius 2 is 2.29 bits per heavy atom. The van der Waals surface area contributed by atoms with E-state index in [0.717, 1.165) is 4.88 Å². The fourth-order valence-corrected chi connectivity index (χ4v) is 4.68. The molecule has 7 heteroatoms. The Hall–Kier alpha value is -1.36. The second kappa shape index (κ2) is 7.07. The molecule has 1 fully saturated rings. The van der Waals surface area contributed by atoms with Crippen molar-refractivity contribution in [1.29, 1.82) is 0 Å². The highest BCUT2D eigenvalue weighted by atomic mass is 32.2. The van der Waals surface area contributed by atoms with Crippen LogP contribution < -0.4 is 5.32 Å². The summed E-state index contributed by atoms with van der Waals surface area (Å²) in [6, 6.07) is 3.42. The zero-order chi connectivity index (χ0) is 15.3. The molecule has 0 radical (unpaired) electrons. The molecule has 2 heterocycles. The van der Waals surface area contributed by atoms with E-state index >= 15 is 0 Å². The summed E-state index contributed by atoms with van der Waals surface area (Å²) < 4.78 is 23.3. The Balaban J connectivity index is 1.91. The van der Waals surface area contributed by atoms with E-state index in [0.29, 0.717) is 24.1 Å². The molecule has 0 spiro atoms. The van der Waals surface area contributed by atoms with Crippen LogP contribution in [0.25, 0.3) is 0 Å². The Bertz CT molecular complexity index is 667. The van der Waals surface area contributed by atoms with Crippen molar-refractivity contribution in [3.05, 3.63) is 21.9 Å². The van der Waals surface area contributed by atoms with Crippen molar-refractivity contribution in [2.45, 2.75) is 24.5 Å². The highest BCUT2D eigenvalue weighted by Gasteiger charge is 2.31. The van der Waals surface area contributed by atoms with E-state index in [1.807, 2.05) is 0 Å². The van der Waals surface area contributed by atoms with E-state index in [1.165, 1.54) is 11.3 Å². The maximum absolute atomic E-state index is 12.0. The van der Waals surface area contributed by atoms with Crippen LogP contribution in [0.15, 0.2) is 12.1 Å². The number of sulfone groups is 1. The molecule has 0 bridgehead atoms. The summed E-state index contributed by atoms with van der Waals surface area (Å²) in [5, 5.41) is 10.9. The topological polar surface area (TPSA) is 83.5 Å². The minimum atomic E-state index is -3.03. The van der Waals surface area contributed by atoms with E-state index in [4.69, 9.17) is 5.11 Å². The van der Waals surface area contributed by atoms with Crippen LogP contribution in [0, 0.1) is 11.8 Å². The highest BCUT2D eigenvalue weighted by molar-refractivity contribution is 7.92. The first kappa shape index (κ1) is 16.0. The van der Waals surface area contributed by atoms with E-state index in [-0.39, 0.29) is 24.8 Å². The van der Waals surface area contributed by atoms with Gasteiger partial charge in [-0.25, -0.2) is 8.42 Å².